The highest BCUT2D eigenvalue weighted by Crippen LogP contribution is 2.43. The Morgan fingerprint density at radius 3 is 2.38 bits per heavy atom. The summed E-state index contributed by atoms with van der Waals surface area (Å²) in [7, 11) is 1.92. The van der Waals surface area contributed by atoms with E-state index in [0.717, 1.165) is 72.0 Å². The fourth-order valence-electron chi connectivity index (χ4n) is 7.72. The zero-order valence-corrected chi connectivity index (χ0v) is 32.2. The molecule has 53 heavy (non-hydrogen) atoms. The number of pyridine rings is 1. The Morgan fingerprint density at radius 1 is 0.943 bits per heavy atom. The van der Waals surface area contributed by atoms with Crippen LogP contribution >= 0.6 is 23.2 Å². The highest BCUT2D eigenvalue weighted by Gasteiger charge is 2.33. The molecule has 1 N–H and O–H groups in total. The van der Waals surface area contributed by atoms with Crippen LogP contribution in [0.5, 0.6) is 5.75 Å². The third kappa shape index (κ3) is 6.57. The molecule has 6 aromatic rings. The van der Waals surface area contributed by atoms with Crippen LogP contribution in [0.1, 0.15) is 67.3 Å². The van der Waals surface area contributed by atoms with Crippen molar-refractivity contribution in [2.45, 2.75) is 60.4 Å². The average molecular weight is 751 g/mol. The predicted molar refractivity (Wildman–Crippen MR) is 211 cm³/mol. The van der Waals surface area contributed by atoms with Gasteiger partial charge in [0.2, 0.25) is 0 Å². The van der Waals surface area contributed by atoms with E-state index in [1.165, 1.54) is 0 Å². The Morgan fingerprint density at radius 2 is 1.70 bits per heavy atom. The number of carbonyl (C=O) groups is 2. The van der Waals surface area contributed by atoms with Gasteiger partial charge in [-0.25, -0.2) is 4.79 Å². The maximum absolute atomic E-state index is 15.1. The Labute approximate surface area is 318 Å². The second-order valence-corrected chi connectivity index (χ2v) is 14.6. The van der Waals surface area contributed by atoms with Crippen molar-refractivity contribution in [1.29, 1.82) is 0 Å². The molecule has 1 aliphatic rings. The van der Waals surface area contributed by atoms with Gasteiger partial charge in [0.1, 0.15) is 11.4 Å². The van der Waals surface area contributed by atoms with Gasteiger partial charge in [0.15, 0.2) is 0 Å². The number of halogens is 2. The lowest BCUT2D eigenvalue weighted by molar-refractivity contribution is 0.0696. The number of carboxylic acid groups (broad SMARTS) is 1. The van der Waals surface area contributed by atoms with Gasteiger partial charge in [0.25, 0.3) is 5.91 Å². The van der Waals surface area contributed by atoms with E-state index in [9.17, 15) is 9.90 Å². The molecule has 3 aromatic heterocycles. The summed E-state index contributed by atoms with van der Waals surface area (Å²) >= 11 is 13.5. The van der Waals surface area contributed by atoms with Crippen LogP contribution in [-0.4, -0.2) is 49.5 Å². The molecule has 0 aliphatic carbocycles. The van der Waals surface area contributed by atoms with E-state index in [0.29, 0.717) is 60.9 Å². The van der Waals surface area contributed by atoms with E-state index in [1.54, 1.807) is 29.4 Å². The monoisotopic (exact) mass is 749 g/mol. The normalized spacial score (nSPS) is 13.1. The van der Waals surface area contributed by atoms with Crippen LogP contribution < -0.4 is 9.64 Å². The number of benzene rings is 3. The van der Waals surface area contributed by atoms with E-state index in [4.69, 9.17) is 33.0 Å². The van der Waals surface area contributed by atoms with Crippen molar-refractivity contribution in [3.8, 4) is 28.0 Å². The molecule has 1 amide bonds. The molecule has 3 aromatic carbocycles. The minimum Gasteiger partial charge on any atom is -0.494 e. The molecule has 9 nitrogen and oxygen atoms in total. The molecule has 0 fully saturated rings. The molecule has 1 aliphatic heterocycles. The van der Waals surface area contributed by atoms with Gasteiger partial charge in [0, 0.05) is 65.4 Å². The van der Waals surface area contributed by atoms with Gasteiger partial charge >= 0.3 is 5.97 Å². The minimum absolute atomic E-state index is 0.105. The summed E-state index contributed by atoms with van der Waals surface area (Å²) in [6.45, 7) is 11.3. The van der Waals surface area contributed by atoms with Crippen molar-refractivity contribution >= 4 is 51.7 Å². The van der Waals surface area contributed by atoms with Crippen LogP contribution in [0.3, 0.4) is 0 Å². The SMILES string of the molecule is Cc1cnccc1-c1cc(C(=O)O)cc(N2CCCn3c(c(CCCOc4cc(C)c(Cl)c(C)c4)c4ccc(Cl)c(-c5c(C)nn(C)c5C)c43)C2=O)c1. The van der Waals surface area contributed by atoms with Crippen molar-refractivity contribution in [3.05, 3.63) is 116 Å². The smallest absolute Gasteiger partial charge is 0.335 e. The number of anilines is 1. The first kappa shape index (κ1) is 36.2. The molecule has 0 atom stereocenters. The molecule has 0 bridgehead atoms. The van der Waals surface area contributed by atoms with Crippen molar-refractivity contribution < 1.29 is 19.4 Å². The second kappa shape index (κ2) is 14.4. The predicted octanol–water partition coefficient (Wildman–Crippen LogP) is 9.71. The molecule has 0 spiro atoms. The van der Waals surface area contributed by atoms with Crippen LogP contribution in [-0.2, 0) is 20.0 Å². The van der Waals surface area contributed by atoms with Gasteiger partial charge in [-0.3, -0.25) is 14.5 Å². The Bertz CT molecular complexity index is 2420. The highest BCUT2D eigenvalue weighted by molar-refractivity contribution is 6.35. The third-order valence-electron chi connectivity index (χ3n) is 10.3. The van der Waals surface area contributed by atoms with Crippen molar-refractivity contribution in [2.75, 3.05) is 18.1 Å². The number of aryl methyl sites for hydroxylation is 7. The number of aromatic carboxylic acids is 1. The first-order valence-electron chi connectivity index (χ1n) is 17.7. The molecule has 272 valence electrons. The molecular formula is C42H41Cl2N5O4. The number of fused-ring (bicyclic) bond motifs is 3. The maximum atomic E-state index is 15.1. The van der Waals surface area contributed by atoms with E-state index >= 15 is 4.79 Å². The van der Waals surface area contributed by atoms with Gasteiger partial charge in [0.05, 0.1) is 28.4 Å². The second-order valence-electron chi connectivity index (χ2n) is 13.9. The lowest BCUT2D eigenvalue weighted by atomic mass is 9.97. The number of ether oxygens (including phenoxy) is 1. The number of rotatable bonds is 9. The summed E-state index contributed by atoms with van der Waals surface area (Å²) in [6.07, 6.45) is 5.27. The Kier molecular flexibility index (Phi) is 9.83. The molecule has 0 radical (unpaired) electrons. The van der Waals surface area contributed by atoms with Gasteiger partial charge in [-0.05, 0) is 130 Å². The zero-order chi connectivity index (χ0) is 37.7. The topological polar surface area (TPSA) is 102 Å². The minimum atomic E-state index is -1.07. The number of hydrogen-bond acceptors (Lipinski definition) is 5. The summed E-state index contributed by atoms with van der Waals surface area (Å²) in [4.78, 5) is 33.5. The van der Waals surface area contributed by atoms with Crippen LogP contribution in [0.2, 0.25) is 10.0 Å². The number of carbonyl (C=O) groups excluding carboxylic acids is 1. The highest BCUT2D eigenvalue weighted by atomic mass is 35.5. The van der Waals surface area contributed by atoms with Gasteiger partial charge in [-0.2, -0.15) is 5.10 Å². The molecule has 0 saturated carbocycles. The standard InChI is InChI=1S/C42H41Cl2N5O4/c1-23-17-31(18-24(2)38(23)44)53-16-7-9-33-34-10-11-35(43)37(36-26(4)46-47(6)27(36)5)39(34)49-15-8-14-48(41(50)40(33)49)30-20-28(19-29(21-30)42(51)52)32-12-13-45-22-25(32)3/h10-13,17-22H,7-9,14-16H2,1-6H3,(H,51,52). The van der Waals surface area contributed by atoms with Gasteiger partial charge in [-0.1, -0.05) is 29.3 Å². The van der Waals surface area contributed by atoms with Crippen LogP contribution in [0, 0.1) is 34.6 Å². The zero-order valence-electron chi connectivity index (χ0n) is 30.7. The summed E-state index contributed by atoms with van der Waals surface area (Å²) in [5.41, 5.74) is 11.0. The molecule has 11 heteroatoms. The van der Waals surface area contributed by atoms with E-state index in [-0.39, 0.29) is 11.5 Å². The summed E-state index contributed by atoms with van der Waals surface area (Å²) < 4.78 is 10.2. The Balaban J connectivity index is 1.37. The van der Waals surface area contributed by atoms with E-state index in [2.05, 4.69) is 9.55 Å². The molecule has 0 unspecified atom stereocenters. The third-order valence-corrected chi connectivity index (χ3v) is 11.2. The molecule has 4 heterocycles. The summed E-state index contributed by atoms with van der Waals surface area (Å²) in [5, 5.41) is 17.1. The van der Waals surface area contributed by atoms with Gasteiger partial charge in [-0.15, -0.1) is 0 Å². The largest absolute Gasteiger partial charge is 0.494 e. The van der Waals surface area contributed by atoms with E-state index in [1.807, 2.05) is 82.7 Å². The van der Waals surface area contributed by atoms with Crippen molar-refractivity contribution in [2.24, 2.45) is 7.05 Å². The molecular weight excluding hydrogens is 709 g/mol. The number of hydrogen-bond donors (Lipinski definition) is 1. The number of amides is 1. The van der Waals surface area contributed by atoms with Crippen LogP contribution in [0.25, 0.3) is 33.2 Å². The number of nitrogens with zero attached hydrogens (tertiary/aromatic N) is 5. The van der Waals surface area contributed by atoms with Crippen molar-refractivity contribution in [1.82, 2.24) is 19.3 Å². The first-order chi connectivity index (χ1) is 25.3. The summed E-state index contributed by atoms with van der Waals surface area (Å²) in [5.74, 6) is -0.507. The van der Waals surface area contributed by atoms with Crippen LogP contribution in [0.15, 0.2) is 60.9 Å². The molecule has 7 rings (SSSR count). The van der Waals surface area contributed by atoms with Crippen LogP contribution in [0.4, 0.5) is 5.69 Å². The number of aromatic nitrogens is 4. The lowest BCUT2D eigenvalue weighted by Crippen LogP contribution is -2.32. The summed E-state index contributed by atoms with van der Waals surface area (Å²) in [6, 6.07) is 14.8. The lowest BCUT2D eigenvalue weighted by Gasteiger charge is -2.23. The quantitative estimate of drug-likeness (QED) is 0.148. The van der Waals surface area contributed by atoms with Gasteiger partial charge < -0.3 is 19.3 Å². The molecule has 0 saturated heterocycles. The van der Waals surface area contributed by atoms with Crippen molar-refractivity contribution in [3.63, 3.8) is 0 Å². The maximum Gasteiger partial charge on any atom is 0.335 e. The van der Waals surface area contributed by atoms with E-state index < -0.39 is 5.97 Å². The fourth-order valence-corrected chi connectivity index (χ4v) is 8.08. The average Bonchev–Trinajstić information content (AvgIpc) is 3.49. The Hall–Kier alpha value is -5.12. The first-order valence-corrected chi connectivity index (χ1v) is 18.5. The number of carboxylic acids is 1. The fraction of sp³-hybridized carbons (Fsp3) is 0.286.